The first-order valence-corrected chi connectivity index (χ1v) is 12.8. The van der Waals surface area contributed by atoms with Crippen LogP contribution in [0.3, 0.4) is 0 Å². The van der Waals surface area contributed by atoms with Crippen molar-refractivity contribution in [3.05, 3.63) is 83.7 Å². The first kappa shape index (κ1) is 25.4. The lowest BCUT2D eigenvalue weighted by Crippen LogP contribution is -2.37. The summed E-state index contributed by atoms with van der Waals surface area (Å²) in [5.41, 5.74) is 3.38. The molecule has 0 spiro atoms. The van der Waals surface area contributed by atoms with E-state index in [2.05, 4.69) is 20.8 Å². The van der Waals surface area contributed by atoms with Crippen LogP contribution < -0.4 is 4.72 Å². The molecule has 0 radical (unpaired) electrons. The first-order chi connectivity index (χ1) is 15.4. The minimum Gasteiger partial charge on any atom is -0.303 e. The van der Waals surface area contributed by atoms with E-state index >= 15 is 0 Å². The van der Waals surface area contributed by atoms with Gasteiger partial charge in [-0.15, -0.1) is 12.4 Å². The normalized spacial score (nSPS) is 16.3. The van der Waals surface area contributed by atoms with Crippen LogP contribution in [0.15, 0.2) is 71.6 Å². The van der Waals surface area contributed by atoms with Gasteiger partial charge in [0.2, 0.25) is 10.0 Å². The molecule has 33 heavy (non-hydrogen) atoms. The molecule has 1 N–H and O–H groups in total. The summed E-state index contributed by atoms with van der Waals surface area (Å²) in [6.45, 7) is 4.93. The predicted octanol–water partition coefficient (Wildman–Crippen LogP) is 4.44. The summed E-state index contributed by atoms with van der Waals surface area (Å²) in [7, 11) is -1.56. The SMILES string of the molecule is Cc1cc(C2CCN(CCC(NS(=O)(=O)c3ccccc3)c3ccccc3)CC2)n(C)n1.Cl. The van der Waals surface area contributed by atoms with Crippen LogP contribution in [0.1, 0.15) is 48.2 Å². The highest BCUT2D eigenvalue weighted by Gasteiger charge is 2.25. The number of rotatable bonds is 8. The van der Waals surface area contributed by atoms with Crippen molar-refractivity contribution in [1.82, 2.24) is 19.4 Å². The summed E-state index contributed by atoms with van der Waals surface area (Å²) in [5, 5.41) is 4.50. The van der Waals surface area contributed by atoms with Gasteiger partial charge in [-0.05, 0) is 69.6 Å². The summed E-state index contributed by atoms with van der Waals surface area (Å²) in [5.74, 6) is 0.541. The monoisotopic (exact) mass is 488 g/mol. The van der Waals surface area contributed by atoms with E-state index in [4.69, 9.17) is 0 Å². The van der Waals surface area contributed by atoms with Gasteiger partial charge in [-0.25, -0.2) is 13.1 Å². The third kappa shape index (κ3) is 6.44. The van der Waals surface area contributed by atoms with E-state index in [1.807, 2.05) is 55.1 Å². The van der Waals surface area contributed by atoms with Gasteiger partial charge < -0.3 is 4.90 Å². The molecule has 3 aromatic rings. The van der Waals surface area contributed by atoms with E-state index < -0.39 is 10.0 Å². The largest absolute Gasteiger partial charge is 0.303 e. The van der Waals surface area contributed by atoms with Gasteiger partial charge >= 0.3 is 0 Å². The quantitative estimate of drug-likeness (QED) is 0.509. The molecule has 0 aliphatic carbocycles. The Kier molecular flexibility index (Phi) is 8.70. The molecule has 1 unspecified atom stereocenters. The lowest BCUT2D eigenvalue weighted by Gasteiger charge is -2.33. The molecule has 8 heteroatoms. The Morgan fingerprint density at radius 3 is 2.21 bits per heavy atom. The number of piperidine rings is 1. The molecule has 2 heterocycles. The van der Waals surface area contributed by atoms with Crippen LogP contribution >= 0.6 is 12.4 Å². The van der Waals surface area contributed by atoms with E-state index in [9.17, 15) is 8.42 Å². The molecule has 1 aromatic heterocycles. The Labute approximate surface area is 203 Å². The number of aryl methyl sites for hydroxylation is 2. The molecule has 1 aliphatic heterocycles. The zero-order valence-corrected chi connectivity index (χ0v) is 20.9. The molecule has 0 saturated carbocycles. The molecule has 4 rings (SSSR count). The number of halogens is 1. The van der Waals surface area contributed by atoms with Crippen molar-refractivity contribution in [3.8, 4) is 0 Å². The molecule has 1 saturated heterocycles. The number of benzene rings is 2. The highest BCUT2D eigenvalue weighted by molar-refractivity contribution is 7.89. The third-order valence-electron chi connectivity index (χ3n) is 6.33. The van der Waals surface area contributed by atoms with Gasteiger partial charge in [0.05, 0.1) is 10.6 Å². The van der Waals surface area contributed by atoms with Crippen molar-refractivity contribution in [3.63, 3.8) is 0 Å². The fraction of sp³-hybridized carbons (Fsp3) is 0.400. The molecule has 6 nitrogen and oxygen atoms in total. The van der Waals surface area contributed by atoms with E-state index in [0.717, 1.165) is 50.2 Å². The zero-order valence-electron chi connectivity index (χ0n) is 19.2. The molecule has 0 amide bonds. The smallest absolute Gasteiger partial charge is 0.241 e. The van der Waals surface area contributed by atoms with Crippen molar-refractivity contribution in [2.75, 3.05) is 19.6 Å². The summed E-state index contributed by atoms with van der Waals surface area (Å²) in [6, 6.07) is 20.4. The van der Waals surface area contributed by atoms with Gasteiger partial charge in [0.15, 0.2) is 0 Å². The highest BCUT2D eigenvalue weighted by Crippen LogP contribution is 2.29. The predicted molar refractivity (Wildman–Crippen MR) is 134 cm³/mol. The van der Waals surface area contributed by atoms with Crippen molar-refractivity contribution < 1.29 is 8.42 Å². The van der Waals surface area contributed by atoms with Crippen LogP contribution in [0.4, 0.5) is 0 Å². The fourth-order valence-corrected chi connectivity index (χ4v) is 5.89. The van der Waals surface area contributed by atoms with Crippen LogP contribution in [0.2, 0.25) is 0 Å². The van der Waals surface area contributed by atoms with Gasteiger partial charge in [0, 0.05) is 24.7 Å². The van der Waals surface area contributed by atoms with Crippen LogP contribution in [0, 0.1) is 6.92 Å². The van der Waals surface area contributed by atoms with E-state index in [1.165, 1.54) is 5.69 Å². The van der Waals surface area contributed by atoms with Crippen LogP contribution in [-0.4, -0.2) is 42.7 Å². The number of aromatic nitrogens is 2. The van der Waals surface area contributed by atoms with Crippen molar-refractivity contribution >= 4 is 22.4 Å². The summed E-state index contributed by atoms with van der Waals surface area (Å²) in [4.78, 5) is 2.75. The number of sulfonamides is 1. The van der Waals surface area contributed by atoms with Crippen LogP contribution in [0.25, 0.3) is 0 Å². The van der Waals surface area contributed by atoms with Crippen molar-refractivity contribution in [2.24, 2.45) is 7.05 Å². The molecule has 1 aliphatic rings. The number of nitrogens with zero attached hydrogens (tertiary/aromatic N) is 3. The van der Waals surface area contributed by atoms with Crippen molar-refractivity contribution in [1.29, 1.82) is 0 Å². The Morgan fingerprint density at radius 2 is 1.64 bits per heavy atom. The second-order valence-corrected chi connectivity index (χ2v) is 10.4. The average molecular weight is 489 g/mol. The maximum Gasteiger partial charge on any atom is 0.241 e. The van der Waals surface area contributed by atoms with Gasteiger partial charge in [-0.2, -0.15) is 5.10 Å². The summed E-state index contributed by atoms with van der Waals surface area (Å²) in [6.07, 6.45) is 2.93. The average Bonchev–Trinajstić information content (AvgIpc) is 3.16. The number of likely N-dealkylation sites (tertiary alicyclic amines) is 1. The topological polar surface area (TPSA) is 67.2 Å². The van der Waals surface area contributed by atoms with E-state index in [1.54, 1.807) is 24.3 Å². The maximum atomic E-state index is 13.0. The van der Waals surface area contributed by atoms with Gasteiger partial charge in [0.1, 0.15) is 0 Å². The second-order valence-electron chi connectivity index (χ2n) is 8.64. The second kappa shape index (κ2) is 11.3. The van der Waals surface area contributed by atoms with Crippen LogP contribution in [0.5, 0.6) is 0 Å². The minimum absolute atomic E-state index is 0. The fourth-order valence-electron chi connectivity index (χ4n) is 4.61. The minimum atomic E-state index is -3.59. The number of hydrogen-bond acceptors (Lipinski definition) is 4. The molecule has 1 atom stereocenters. The molecular formula is C25H33ClN4O2S. The molecular weight excluding hydrogens is 456 g/mol. The molecule has 178 valence electrons. The molecule has 2 aromatic carbocycles. The zero-order chi connectivity index (χ0) is 22.6. The standard InChI is InChI=1S/C25H32N4O2S.ClH/c1-20-19-25(28(2)26-20)22-13-16-29(17-14-22)18-15-24(21-9-5-3-6-10-21)27-32(30,31)23-11-7-4-8-12-23;/h3-12,19,22,24,27H,13-18H2,1-2H3;1H. The highest BCUT2D eigenvalue weighted by atomic mass is 35.5. The van der Waals surface area contributed by atoms with Gasteiger partial charge in [-0.1, -0.05) is 48.5 Å². The number of hydrogen-bond donors (Lipinski definition) is 1. The Hall–Kier alpha value is -2.19. The summed E-state index contributed by atoms with van der Waals surface area (Å²) < 4.78 is 30.9. The van der Waals surface area contributed by atoms with E-state index in [0.29, 0.717) is 10.8 Å². The summed E-state index contributed by atoms with van der Waals surface area (Å²) >= 11 is 0. The van der Waals surface area contributed by atoms with Gasteiger partial charge in [-0.3, -0.25) is 4.68 Å². The lowest BCUT2D eigenvalue weighted by molar-refractivity contribution is 0.201. The molecule has 0 bridgehead atoms. The third-order valence-corrected chi connectivity index (χ3v) is 7.82. The van der Waals surface area contributed by atoms with Crippen molar-refractivity contribution in [2.45, 2.75) is 43.0 Å². The molecule has 1 fully saturated rings. The Bertz CT molecular complexity index is 1110. The van der Waals surface area contributed by atoms with Gasteiger partial charge in [0.25, 0.3) is 0 Å². The first-order valence-electron chi connectivity index (χ1n) is 11.3. The maximum absolute atomic E-state index is 13.0. The number of nitrogens with one attached hydrogen (secondary N) is 1. The Balaban J connectivity index is 0.00000306. The lowest BCUT2D eigenvalue weighted by atomic mass is 9.93. The Morgan fingerprint density at radius 1 is 1.03 bits per heavy atom. The van der Waals surface area contributed by atoms with E-state index in [-0.39, 0.29) is 18.4 Å². The van der Waals surface area contributed by atoms with Crippen LogP contribution in [-0.2, 0) is 17.1 Å².